The summed E-state index contributed by atoms with van der Waals surface area (Å²) in [5, 5.41) is 7.60. The Morgan fingerprint density at radius 2 is 2.33 bits per heavy atom. The molecule has 1 rings (SSSR count). The molecule has 0 bridgehead atoms. The molecule has 9 heavy (non-hydrogen) atoms. The fourth-order valence-electron chi connectivity index (χ4n) is 0.548. The Labute approximate surface area is 59.7 Å². The summed E-state index contributed by atoms with van der Waals surface area (Å²) in [5.41, 5.74) is 1.10. The molecule has 1 unspecified atom stereocenters. The van der Waals surface area contributed by atoms with Crippen LogP contribution in [0.2, 0.25) is 0 Å². The van der Waals surface area contributed by atoms with Crippen LogP contribution in [0, 0.1) is 0 Å². The first-order valence-electron chi connectivity index (χ1n) is 2.75. The van der Waals surface area contributed by atoms with Crippen molar-refractivity contribution < 1.29 is 0 Å². The van der Waals surface area contributed by atoms with Gasteiger partial charge in [-0.3, -0.25) is 0 Å². The number of hydrogen-bond acceptors (Lipinski definition) is 3. The molecule has 0 N–H and O–H groups in total. The van der Waals surface area contributed by atoms with Gasteiger partial charge in [0.25, 0.3) is 0 Å². The highest BCUT2D eigenvalue weighted by molar-refractivity contribution is 7.80. The zero-order valence-electron chi connectivity index (χ0n) is 5.15. The molecule has 0 saturated heterocycles. The average molecular weight is 140 g/mol. The van der Waals surface area contributed by atoms with E-state index in [4.69, 9.17) is 0 Å². The van der Waals surface area contributed by atoms with Crippen LogP contribution in [0.3, 0.4) is 0 Å². The van der Waals surface area contributed by atoms with Gasteiger partial charge in [0, 0.05) is 11.4 Å². The molecule has 0 fully saturated rings. The molecule has 0 radical (unpaired) electrons. The van der Waals surface area contributed by atoms with Gasteiger partial charge in [0.15, 0.2) is 0 Å². The Morgan fingerprint density at radius 1 is 1.56 bits per heavy atom. The van der Waals surface area contributed by atoms with Crippen molar-refractivity contribution in [3.8, 4) is 0 Å². The van der Waals surface area contributed by atoms with Gasteiger partial charge in [0.2, 0.25) is 0 Å². The van der Waals surface area contributed by atoms with Gasteiger partial charge in [-0.1, -0.05) is 0 Å². The maximum absolute atomic E-state index is 4.22. The summed E-state index contributed by atoms with van der Waals surface area (Å²) in [6.45, 7) is 2.00. The Bertz CT molecular complexity index is 174. The van der Waals surface area contributed by atoms with Crippen molar-refractivity contribution >= 4 is 12.6 Å². The van der Waals surface area contributed by atoms with E-state index in [1.54, 1.807) is 12.4 Å². The second kappa shape index (κ2) is 2.82. The van der Waals surface area contributed by atoms with Gasteiger partial charge in [-0.2, -0.15) is 22.8 Å². The van der Waals surface area contributed by atoms with E-state index >= 15 is 0 Å². The van der Waals surface area contributed by atoms with Crippen LogP contribution in [0.5, 0.6) is 0 Å². The summed E-state index contributed by atoms with van der Waals surface area (Å²) < 4.78 is 0. The van der Waals surface area contributed by atoms with Gasteiger partial charge in [-0.05, 0) is 18.6 Å². The molecule has 48 valence electrons. The normalized spacial score (nSPS) is 13.1. The van der Waals surface area contributed by atoms with Crippen molar-refractivity contribution in [3.63, 3.8) is 0 Å². The summed E-state index contributed by atoms with van der Waals surface area (Å²) in [5.74, 6) is 0. The Morgan fingerprint density at radius 3 is 2.67 bits per heavy atom. The lowest BCUT2D eigenvalue weighted by atomic mass is 10.2. The summed E-state index contributed by atoms with van der Waals surface area (Å²) in [7, 11) is 0. The van der Waals surface area contributed by atoms with Crippen LogP contribution in [0.1, 0.15) is 17.7 Å². The smallest absolute Gasteiger partial charge is 0.0539 e. The van der Waals surface area contributed by atoms with Crippen molar-refractivity contribution in [2.75, 3.05) is 0 Å². The minimum Gasteiger partial charge on any atom is -0.171 e. The third kappa shape index (κ3) is 1.68. The van der Waals surface area contributed by atoms with Crippen molar-refractivity contribution in [1.29, 1.82) is 0 Å². The molecule has 0 saturated carbocycles. The largest absolute Gasteiger partial charge is 0.171 e. The summed E-state index contributed by atoms with van der Waals surface area (Å²) in [4.78, 5) is 0. The molecular formula is C6H8N2S. The molecule has 0 aromatic carbocycles. The second-order valence-electron chi connectivity index (χ2n) is 1.85. The van der Waals surface area contributed by atoms with Crippen LogP contribution >= 0.6 is 12.6 Å². The van der Waals surface area contributed by atoms with E-state index in [-0.39, 0.29) is 5.25 Å². The van der Waals surface area contributed by atoms with Crippen molar-refractivity contribution in [2.24, 2.45) is 0 Å². The zero-order valence-corrected chi connectivity index (χ0v) is 6.05. The predicted octanol–water partition coefficient (Wildman–Crippen LogP) is 1.47. The number of nitrogens with zero attached hydrogens (tertiary/aromatic N) is 2. The number of thiol groups is 1. The first-order chi connectivity index (χ1) is 4.30. The number of hydrogen-bond donors (Lipinski definition) is 1. The van der Waals surface area contributed by atoms with Crippen LogP contribution in [-0.2, 0) is 0 Å². The Kier molecular flexibility index (Phi) is 2.05. The van der Waals surface area contributed by atoms with E-state index < -0.39 is 0 Å². The molecule has 2 nitrogen and oxygen atoms in total. The molecule has 0 amide bonds. The number of aromatic nitrogens is 2. The lowest BCUT2D eigenvalue weighted by molar-refractivity contribution is 0.976. The third-order valence-electron chi connectivity index (χ3n) is 1.09. The molecule has 1 heterocycles. The first-order valence-corrected chi connectivity index (χ1v) is 3.27. The van der Waals surface area contributed by atoms with Crippen LogP contribution in [0.25, 0.3) is 0 Å². The van der Waals surface area contributed by atoms with Crippen LogP contribution in [0.15, 0.2) is 18.5 Å². The fourth-order valence-corrected chi connectivity index (χ4v) is 0.701. The summed E-state index contributed by atoms with van der Waals surface area (Å²) >= 11 is 4.22. The SMILES string of the molecule is CC(S)c1ccnnc1. The quantitative estimate of drug-likeness (QED) is 0.598. The van der Waals surface area contributed by atoms with Crippen molar-refractivity contribution in [2.45, 2.75) is 12.2 Å². The maximum Gasteiger partial charge on any atom is 0.0539 e. The van der Waals surface area contributed by atoms with E-state index in [9.17, 15) is 0 Å². The van der Waals surface area contributed by atoms with Gasteiger partial charge in [-0.25, -0.2) is 0 Å². The molecule has 1 aromatic rings. The highest BCUT2D eigenvalue weighted by atomic mass is 32.1. The lowest BCUT2D eigenvalue weighted by Crippen LogP contribution is -1.86. The van der Waals surface area contributed by atoms with Crippen LogP contribution in [-0.4, -0.2) is 10.2 Å². The topological polar surface area (TPSA) is 25.8 Å². The summed E-state index contributed by atoms with van der Waals surface area (Å²) in [6.07, 6.45) is 3.39. The van der Waals surface area contributed by atoms with Gasteiger partial charge >= 0.3 is 0 Å². The standard InChI is InChI=1S/C6H8N2S/c1-5(9)6-2-3-7-8-4-6/h2-5,9H,1H3. The van der Waals surface area contributed by atoms with Crippen molar-refractivity contribution in [1.82, 2.24) is 10.2 Å². The maximum atomic E-state index is 4.22. The zero-order chi connectivity index (χ0) is 6.69. The average Bonchev–Trinajstić information content (AvgIpc) is 1.90. The van der Waals surface area contributed by atoms with E-state index in [0.717, 1.165) is 5.56 Å². The predicted molar refractivity (Wildman–Crippen MR) is 39.4 cm³/mol. The van der Waals surface area contributed by atoms with Crippen LogP contribution < -0.4 is 0 Å². The van der Waals surface area contributed by atoms with E-state index in [0.29, 0.717) is 0 Å². The van der Waals surface area contributed by atoms with Gasteiger partial charge < -0.3 is 0 Å². The van der Waals surface area contributed by atoms with Gasteiger partial charge in [0.05, 0.1) is 6.20 Å². The highest BCUT2D eigenvalue weighted by Crippen LogP contribution is 2.15. The van der Waals surface area contributed by atoms with Crippen molar-refractivity contribution in [3.05, 3.63) is 24.0 Å². The molecule has 0 spiro atoms. The van der Waals surface area contributed by atoms with E-state index in [1.165, 1.54) is 0 Å². The summed E-state index contributed by atoms with van der Waals surface area (Å²) in [6, 6.07) is 1.91. The molecule has 1 aromatic heterocycles. The molecule has 3 heteroatoms. The lowest BCUT2D eigenvalue weighted by Gasteiger charge is -1.99. The van der Waals surface area contributed by atoms with Gasteiger partial charge in [-0.15, -0.1) is 0 Å². The first kappa shape index (κ1) is 6.55. The highest BCUT2D eigenvalue weighted by Gasteiger charge is 1.96. The Balaban J connectivity index is 2.85. The number of rotatable bonds is 1. The second-order valence-corrected chi connectivity index (χ2v) is 2.63. The fraction of sp³-hybridized carbons (Fsp3) is 0.333. The molecule has 0 aliphatic heterocycles. The molecule has 0 aliphatic carbocycles. The molecule has 1 atom stereocenters. The Hall–Kier alpha value is -0.570. The molecule has 0 aliphatic rings. The minimum atomic E-state index is 0.250. The minimum absolute atomic E-state index is 0.250. The van der Waals surface area contributed by atoms with E-state index in [2.05, 4.69) is 22.8 Å². The van der Waals surface area contributed by atoms with Crippen LogP contribution in [0.4, 0.5) is 0 Å². The van der Waals surface area contributed by atoms with Gasteiger partial charge in [0.1, 0.15) is 0 Å². The molecular weight excluding hydrogens is 132 g/mol. The monoisotopic (exact) mass is 140 g/mol. The third-order valence-corrected chi connectivity index (χ3v) is 1.39. The van der Waals surface area contributed by atoms with E-state index in [1.807, 2.05) is 13.0 Å².